The Bertz CT molecular complexity index is 1490. The fourth-order valence-corrected chi connectivity index (χ4v) is 5.25. The van der Waals surface area contributed by atoms with E-state index in [0.29, 0.717) is 11.3 Å². The number of carbonyl (C=O) groups is 3. The third-order valence-electron chi connectivity index (χ3n) is 5.21. The second kappa shape index (κ2) is 10.9. The molecule has 11 heteroatoms. The number of nitrogens with zero attached hydrogens (tertiary/aromatic N) is 1. The first-order chi connectivity index (χ1) is 17.7. The van der Waals surface area contributed by atoms with Gasteiger partial charge in [0.15, 0.2) is 11.5 Å². The number of carbonyl (C=O) groups excluding carboxylic acids is 3. The molecule has 0 spiro atoms. The summed E-state index contributed by atoms with van der Waals surface area (Å²) in [6, 6.07) is 19.2. The van der Waals surface area contributed by atoms with Crippen LogP contribution in [-0.2, 0) is 26.3 Å². The van der Waals surface area contributed by atoms with Gasteiger partial charge in [0.25, 0.3) is 11.1 Å². The van der Waals surface area contributed by atoms with Crippen LogP contribution in [-0.4, -0.2) is 37.5 Å². The van der Waals surface area contributed by atoms with E-state index in [1.165, 1.54) is 56.5 Å². The van der Waals surface area contributed by atoms with Crippen molar-refractivity contribution in [3.8, 4) is 11.5 Å². The van der Waals surface area contributed by atoms with Crippen molar-refractivity contribution in [1.82, 2.24) is 4.90 Å². The number of benzene rings is 3. The molecule has 1 fully saturated rings. The Balaban J connectivity index is 1.56. The Kier molecular flexibility index (Phi) is 7.65. The van der Waals surface area contributed by atoms with Crippen molar-refractivity contribution >= 4 is 50.7 Å². The second-order valence-corrected chi connectivity index (χ2v) is 10.4. The van der Waals surface area contributed by atoms with Gasteiger partial charge in [-0.25, -0.2) is 0 Å². The van der Waals surface area contributed by atoms with E-state index in [1.54, 1.807) is 6.07 Å². The van der Waals surface area contributed by atoms with Gasteiger partial charge in [-0.3, -0.25) is 19.3 Å². The van der Waals surface area contributed by atoms with Crippen LogP contribution in [0.5, 0.6) is 11.5 Å². The average Bonchev–Trinajstić information content (AvgIpc) is 3.12. The smallest absolute Gasteiger partial charge is 0.339 e. The fraction of sp³-hybridized carbons (Fsp3) is 0.115. The van der Waals surface area contributed by atoms with Gasteiger partial charge in [0.1, 0.15) is 4.90 Å². The minimum atomic E-state index is -4.25. The molecule has 4 rings (SSSR count). The van der Waals surface area contributed by atoms with Crippen LogP contribution in [0, 0.1) is 0 Å². The van der Waals surface area contributed by atoms with Gasteiger partial charge in [-0.05, 0) is 65.4 Å². The van der Waals surface area contributed by atoms with E-state index in [4.69, 9.17) is 8.92 Å². The van der Waals surface area contributed by atoms with Crippen molar-refractivity contribution in [2.24, 2.45) is 0 Å². The van der Waals surface area contributed by atoms with Gasteiger partial charge in [0, 0.05) is 12.6 Å². The first kappa shape index (κ1) is 26.0. The largest absolute Gasteiger partial charge is 0.493 e. The molecule has 0 radical (unpaired) electrons. The van der Waals surface area contributed by atoms with E-state index >= 15 is 0 Å². The Hall–Kier alpha value is -4.09. The van der Waals surface area contributed by atoms with E-state index in [0.717, 1.165) is 22.2 Å². The lowest BCUT2D eigenvalue weighted by molar-refractivity contribution is -0.123. The summed E-state index contributed by atoms with van der Waals surface area (Å²) < 4.78 is 36.4. The van der Waals surface area contributed by atoms with Gasteiger partial charge in [-0.1, -0.05) is 36.4 Å². The SMILES string of the molecule is COc1ccc(/C=C2\SC(=O)N(Cc3ccccc3)C2=O)cc1OS(=O)(=O)c1ccc(NC(C)=O)cc1. The van der Waals surface area contributed by atoms with Crippen molar-refractivity contribution in [2.75, 3.05) is 12.4 Å². The molecule has 1 saturated heterocycles. The van der Waals surface area contributed by atoms with Crippen molar-refractivity contribution in [3.05, 3.63) is 88.8 Å². The first-order valence-electron chi connectivity index (χ1n) is 11.0. The lowest BCUT2D eigenvalue weighted by Gasteiger charge is -2.12. The summed E-state index contributed by atoms with van der Waals surface area (Å²) in [6.07, 6.45) is 1.50. The van der Waals surface area contributed by atoms with Crippen LogP contribution in [0.15, 0.2) is 82.6 Å². The summed E-state index contributed by atoms with van der Waals surface area (Å²) >= 11 is 0.805. The second-order valence-electron chi connectivity index (χ2n) is 7.91. The Labute approximate surface area is 218 Å². The maximum Gasteiger partial charge on any atom is 0.339 e. The van der Waals surface area contributed by atoms with Crippen molar-refractivity contribution in [1.29, 1.82) is 0 Å². The van der Waals surface area contributed by atoms with Gasteiger partial charge >= 0.3 is 10.1 Å². The van der Waals surface area contributed by atoms with Gasteiger partial charge in [0.2, 0.25) is 5.91 Å². The number of nitrogens with one attached hydrogen (secondary N) is 1. The third kappa shape index (κ3) is 6.19. The number of imide groups is 1. The summed E-state index contributed by atoms with van der Waals surface area (Å²) in [5, 5.41) is 2.17. The highest BCUT2D eigenvalue weighted by molar-refractivity contribution is 8.18. The van der Waals surface area contributed by atoms with Crippen LogP contribution < -0.4 is 14.2 Å². The standard InChI is InChI=1S/C26H22N2O7S2/c1-17(29)27-20-9-11-21(12-10-20)37(32,33)35-23-14-19(8-13-22(23)34-2)15-24-25(30)28(26(31)36-24)16-18-6-4-3-5-7-18/h3-15H,16H2,1-2H3,(H,27,29)/b24-15-. The monoisotopic (exact) mass is 538 g/mol. The highest BCUT2D eigenvalue weighted by Crippen LogP contribution is 2.36. The topological polar surface area (TPSA) is 119 Å². The minimum Gasteiger partial charge on any atom is -0.493 e. The Morgan fingerprint density at radius 3 is 2.35 bits per heavy atom. The lowest BCUT2D eigenvalue weighted by atomic mass is 10.1. The Morgan fingerprint density at radius 2 is 1.70 bits per heavy atom. The molecule has 0 atom stereocenters. The molecule has 9 nitrogen and oxygen atoms in total. The molecular weight excluding hydrogens is 516 g/mol. The normalized spacial score (nSPS) is 14.6. The molecule has 1 heterocycles. The number of ether oxygens (including phenoxy) is 1. The molecular formula is C26H22N2O7S2. The minimum absolute atomic E-state index is 0.0919. The molecule has 0 saturated carbocycles. The molecule has 3 amide bonds. The maximum absolute atomic E-state index is 12.9. The number of thioether (sulfide) groups is 1. The van der Waals surface area contributed by atoms with Crippen LogP contribution in [0.25, 0.3) is 6.08 Å². The zero-order valence-corrected chi connectivity index (χ0v) is 21.5. The predicted octanol–water partition coefficient (Wildman–Crippen LogP) is 4.66. The van der Waals surface area contributed by atoms with Crippen LogP contribution >= 0.6 is 11.8 Å². The molecule has 0 aliphatic carbocycles. The zero-order chi connectivity index (χ0) is 26.6. The fourth-order valence-electron chi connectivity index (χ4n) is 3.48. The quantitative estimate of drug-likeness (QED) is 0.325. The number of rotatable bonds is 8. The molecule has 37 heavy (non-hydrogen) atoms. The number of hydrogen-bond donors (Lipinski definition) is 1. The molecule has 1 N–H and O–H groups in total. The van der Waals surface area contributed by atoms with Crippen molar-refractivity contribution < 1.29 is 31.7 Å². The zero-order valence-electron chi connectivity index (χ0n) is 19.8. The molecule has 3 aromatic carbocycles. The summed E-state index contributed by atoms with van der Waals surface area (Å²) in [4.78, 5) is 37.8. The summed E-state index contributed by atoms with van der Waals surface area (Å²) in [5.74, 6) is -0.659. The molecule has 1 aliphatic rings. The summed E-state index contributed by atoms with van der Waals surface area (Å²) in [7, 11) is -2.88. The van der Waals surface area contributed by atoms with E-state index < -0.39 is 21.3 Å². The summed E-state index contributed by atoms with van der Waals surface area (Å²) in [5.41, 5.74) is 1.70. The van der Waals surface area contributed by atoms with Crippen LogP contribution in [0.4, 0.5) is 10.5 Å². The summed E-state index contributed by atoms with van der Waals surface area (Å²) in [6.45, 7) is 1.50. The highest BCUT2D eigenvalue weighted by atomic mass is 32.2. The highest BCUT2D eigenvalue weighted by Gasteiger charge is 2.35. The molecule has 0 bridgehead atoms. The lowest BCUT2D eigenvalue weighted by Crippen LogP contribution is -2.27. The number of amides is 3. The molecule has 1 aliphatic heterocycles. The molecule has 190 valence electrons. The average molecular weight is 539 g/mol. The molecule has 0 unspecified atom stereocenters. The van der Waals surface area contributed by atoms with E-state index in [2.05, 4.69) is 5.32 Å². The number of hydrogen-bond acceptors (Lipinski definition) is 8. The van der Waals surface area contributed by atoms with Crippen LogP contribution in [0.3, 0.4) is 0 Å². The van der Waals surface area contributed by atoms with Crippen LogP contribution in [0.2, 0.25) is 0 Å². The first-order valence-corrected chi connectivity index (χ1v) is 13.2. The predicted molar refractivity (Wildman–Crippen MR) is 140 cm³/mol. The van der Waals surface area contributed by atoms with E-state index in [1.807, 2.05) is 30.3 Å². The number of methoxy groups -OCH3 is 1. The van der Waals surface area contributed by atoms with Gasteiger partial charge in [-0.2, -0.15) is 8.42 Å². The van der Waals surface area contributed by atoms with E-state index in [-0.39, 0.29) is 33.8 Å². The third-order valence-corrected chi connectivity index (χ3v) is 7.36. The van der Waals surface area contributed by atoms with E-state index in [9.17, 15) is 22.8 Å². The number of anilines is 1. The van der Waals surface area contributed by atoms with Gasteiger partial charge in [-0.15, -0.1) is 0 Å². The van der Waals surface area contributed by atoms with Gasteiger partial charge < -0.3 is 14.2 Å². The molecule has 3 aromatic rings. The van der Waals surface area contributed by atoms with Crippen molar-refractivity contribution in [2.45, 2.75) is 18.4 Å². The molecule has 0 aromatic heterocycles. The Morgan fingerprint density at radius 1 is 1.00 bits per heavy atom. The maximum atomic E-state index is 12.9. The van der Waals surface area contributed by atoms with Crippen molar-refractivity contribution in [3.63, 3.8) is 0 Å². The van der Waals surface area contributed by atoms with Crippen LogP contribution in [0.1, 0.15) is 18.1 Å². The van der Waals surface area contributed by atoms with Gasteiger partial charge in [0.05, 0.1) is 18.6 Å².